The van der Waals surface area contributed by atoms with Crippen LogP contribution in [0.5, 0.6) is 0 Å². The molecule has 4 aromatic rings. The first kappa shape index (κ1) is 18.3. The second kappa shape index (κ2) is 7.92. The minimum Gasteiger partial charge on any atom is -0.454 e. The molecule has 0 fully saturated rings. The van der Waals surface area contributed by atoms with Gasteiger partial charge in [-0.2, -0.15) is 5.10 Å². The quantitative estimate of drug-likeness (QED) is 0.502. The Bertz CT molecular complexity index is 1200. The molecule has 6 nitrogen and oxygen atoms in total. The van der Waals surface area contributed by atoms with Crippen molar-refractivity contribution in [1.82, 2.24) is 15.2 Å². The van der Waals surface area contributed by atoms with E-state index in [4.69, 9.17) is 16.3 Å². The monoisotopic (exact) mass is 411 g/mol. The molecule has 0 amide bonds. The van der Waals surface area contributed by atoms with Gasteiger partial charge in [-0.05, 0) is 23.8 Å². The Morgan fingerprint density at radius 1 is 1.11 bits per heavy atom. The van der Waals surface area contributed by atoms with E-state index in [9.17, 15) is 9.59 Å². The summed E-state index contributed by atoms with van der Waals surface area (Å²) in [5.74, 6) is -0.611. The van der Waals surface area contributed by atoms with Crippen LogP contribution in [0.15, 0.2) is 58.7 Å². The number of benzene rings is 2. The molecule has 0 spiro atoms. The Labute approximate surface area is 168 Å². The molecule has 0 radical (unpaired) electrons. The Hall–Kier alpha value is -3.03. The normalized spacial score (nSPS) is 10.9. The van der Waals surface area contributed by atoms with Crippen LogP contribution in [0.2, 0.25) is 5.02 Å². The fraction of sp³-hybridized carbons (Fsp3) is 0.100. The van der Waals surface area contributed by atoms with Gasteiger partial charge < -0.3 is 4.74 Å². The van der Waals surface area contributed by atoms with Gasteiger partial charge in [0.25, 0.3) is 5.56 Å². The first-order valence-electron chi connectivity index (χ1n) is 8.42. The fourth-order valence-corrected chi connectivity index (χ4v) is 3.69. The largest absolute Gasteiger partial charge is 0.454 e. The van der Waals surface area contributed by atoms with Crippen molar-refractivity contribution >= 4 is 39.7 Å². The van der Waals surface area contributed by atoms with Gasteiger partial charge in [0.2, 0.25) is 0 Å². The maximum absolute atomic E-state index is 12.4. The lowest BCUT2D eigenvalue weighted by atomic mass is 10.1. The number of ether oxygens (including phenoxy) is 1. The lowest BCUT2D eigenvalue weighted by molar-refractivity contribution is 0.0462. The standard InChI is InChI=1S/C20H14ClN3O3S/c21-13-7-5-12(6-8-13)9-17-22-14(11-28-17)10-27-20(26)18-15-3-1-2-4-16(15)19(25)24-23-18/h1-8,11H,9-10H2,(H,24,25). The molecule has 0 aliphatic rings. The molecule has 2 heterocycles. The van der Waals surface area contributed by atoms with E-state index in [1.807, 2.05) is 29.6 Å². The minimum atomic E-state index is -0.611. The van der Waals surface area contributed by atoms with Crippen LogP contribution in [0.25, 0.3) is 10.8 Å². The van der Waals surface area contributed by atoms with E-state index >= 15 is 0 Å². The van der Waals surface area contributed by atoms with E-state index in [-0.39, 0.29) is 17.9 Å². The number of hydrogen-bond acceptors (Lipinski definition) is 6. The molecule has 1 N–H and O–H groups in total. The molecular weight excluding hydrogens is 398 g/mol. The van der Waals surface area contributed by atoms with Gasteiger partial charge in [-0.1, -0.05) is 41.9 Å². The first-order valence-corrected chi connectivity index (χ1v) is 9.68. The average molecular weight is 412 g/mol. The molecule has 0 aliphatic carbocycles. The summed E-state index contributed by atoms with van der Waals surface area (Å²) in [7, 11) is 0. The summed E-state index contributed by atoms with van der Waals surface area (Å²) in [5, 5.41) is 10.5. The summed E-state index contributed by atoms with van der Waals surface area (Å²) < 4.78 is 5.34. The SMILES string of the molecule is O=C(OCc1csc(Cc2ccc(Cl)cc2)n1)c1n[nH]c(=O)c2ccccc12. The number of carbonyl (C=O) groups excluding carboxylic acids is 1. The fourth-order valence-electron chi connectivity index (χ4n) is 2.75. The van der Waals surface area contributed by atoms with Crippen LogP contribution in [0, 0.1) is 0 Å². The molecular formula is C20H14ClN3O3S. The summed E-state index contributed by atoms with van der Waals surface area (Å²) in [5.41, 5.74) is 1.49. The van der Waals surface area contributed by atoms with E-state index in [1.54, 1.807) is 24.3 Å². The molecule has 28 heavy (non-hydrogen) atoms. The minimum absolute atomic E-state index is 0.0328. The smallest absolute Gasteiger partial charge is 0.359 e. The molecule has 2 aromatic heterocycles. The van der Waals surface area contributed by atoms with Crippen LogP contribution in [0.4, 0.5) is 0 Å². The highest BCUT2D eigenvalue weighted by atomic mass is 35.5. The number of halogens is 1. The summed E-state index contributed by atoms with van der Waals surface area (Å²) in [4.78, 5) is 28.7. The number of nitrogens with one attached hydrogen (secondary N) is 1. The zero-order valence-corrected chi connectivity index (χ0v) is 16.1. The maximum atomic E-state index is 12.4. The number of H-pyrrole nitrogens is 1. The summed E-state index contributed by atoms with van der Waals surface area (Å²) in [6, 6.07) is 14.4. The molecule has 0 atom stereocenters. The zero-order valence-electron chi connectivity index (χ0n) is 14.5. The van der Waals surface area contributed by atoms with Crippen LogP contribution < -0.4 is 5.56 Å². The number of fused-ring (bicyclic) bond motifs is 1. The number of hydrogen-bond donors (Lipinski definition) is 1. The van der Waals surface area contributed by atoms with Crippen molar-refractivity contribution in [2.24, 2.45) is 0 Å². The van der Waals surface area contributed by atoms with Crippen molar-refractivity contribution in [3.05, 3.63) is 91.2 Å². The highest BCUT2D eigenvalue weighted by molar-refractivity contribution is 7.09. The number of aromatic nitrogens is 3. The van der Waals surface area contributed by atoms with Crippen molar-refractivity contribution in [2.75, 3.05) is 0 Å². The molecule has 140 valence electrons. The highest BCUT2D eigenvalue weighted by Crippen LogP contribution is 2.18. The number of nitrogens with zero attached hydrogens (tertiary/aromatic N) is 2. The van der Waals surface area contributed by atoms with Gasteiger partial charge in [0.15, 0.2) is 5.69 Å². The Balaban J connectivity index is 1.45. The molecule has 0 unspecified atom stereocenters. The lowest BCUT2D eigenvalue weighted by Gasteiger charge is -2.05. The molecule has 0 saturated carbocycles. The summed E-state index contributed by atoms with van der Waals surface area (Å²) in [6.07, 6.45) is 0.682. The van der Waals surface area contributed by atoms with Gasteiger partial charge in [-0.25, -0.2) is 14.9 Å². The predicted octanol–water partition coefficient (Wildman–Crippen LogP) is 3.98. The second-order valence-corrected chi connectivity index (χ2v) is 7.44. The Morgan fingerprint density at radius 2 is 1.86 bits per heavy atom. The number of aromatic amines is 1. The van der Waals surface area contributed by atoms with Gasteiger partial charge in [0, 0.05) is 22.2 Å². The van der Waals surface area contributed by atoms with Crippen molar-refractivity contribution in [1.29, 1.82) is 0 Å². The second-order valence-electron chi connectivity index (χ2n) is 6.06. The molecule has 8 heteroatoms. The van der Waals surface area contributed by atoms with Crippen molar-refractivity contribution in [2.45, 2.75) is 13.0 Å². The average Bonchev–Trinajstić information content (AvgIpc) is 3.16. The van der Waals surface area contributed by atoms with Gasteiger partial charge in [-0.15, -0.1) is 11.3 Å². The van der Waals surface area contributed by atoms with Gasteiger partial charge in [-0.3, -0.25) is 4.79 Å². The number of thiazole rings is 1. The summed E-state index contributed by atoms with van der Waals surface area (Å²) >= 11 is 7.40. The number of carbonyl (C=O) groups is 1. The Kier molecular flexibility index (Phi) is 5.18. The Morgan fingerprint density at radius 3 is 2.64 bits per heavy atom. The molecule has 2 aromatic carbocycles. The van der Waals surface area contributed by atoms with E-state index in [1.165, 1.54) is 11.3 Å². The number of rotatable bonds is 5. The van der Waals surface area contributed by atoms with Crippen LogP contribution >= 0.6 is 22.9 Å². The third-order valence-electron chi connectivity index (χ3n) is 4.11. The van der Waals surface area contributed by atoms with Gasteiger partial charge >= 0.3 is 5.97 Å². The predicted molar refractivity (Wildman–Crippen MR) is 108 cm³/mol. The number of esters is 1. The first-order chi connectivity index (χ1) is 13.6. The van der Waals surface area contributed by atoms with Crippen molar-refractivity contribution in [3.8, 4) is 0 Å². The van der Waals surface area contributed by atoms with E-state index in [0.29, 0.717) is 27.9 Å². The third-order valence-corrected chi connectivity index (χ3v) is 5.26. The summed E-state index contributed by atoms with van der Waals surface area (Å²) in [6.45, 7) is 0.0328. The maximum Gasteiger partial charge on any atom is 0.359 e. The highest BCUT2D eigenvalue weighted by Gasteiger charge is 2.16. The molecule has 0 bridgehead atoms. The third kappa shape index (κ3) is 3.95. The van der Waals surface area contributed by atoms with E-state index < -0.39 is 5.97 Å². The van der Waals surface area contributed by atoms with Gasteiger partial charge in [0.05, 0.1) is 16.1 Å². The van der Waals surface area contributed by atoms with Crippen molar-refractivity contribution in [3.63, 3.8) is 0 Å². The van der Waals surface area contributed by atoms with E-state index in [0.717, 1.165) is 10.6 Å². The molecule has 0 aliphatic heterocycles. The van der Waals surface area contributed by atoms with Crippen LogP contribution in [-0.4, -0.2) is 21.2 Å². The lowest BCUT2D eigenvalue weighted by Crippen LogP contribution is -2.16. The molecule has 4 rings (SSSR count). The van der Waals surface area contributed by atoms with Gasteiger partial charge in [0.1, 0.15) is 6.61 Å². The van der Waals surface area contributed by atoms with Crippen LogP contribution in [-0.2, 0) is 17.8 Å². The van der Waals surface area contributed by atoms with Crippen molar-refractivity contribution < 1.29 is 9.53 Å². The van der Waals surface area contributed by atoms with E-state index in [2.05, 4.69) is 15.2 Å². The van der Waals surface area contributed by atoms with Crippen LogP contribution in [0.3, 0.4) is 0 Å². The zero-order chi connectivity index (χ0) is 19.5. The van der Waals surface area contributed by atoms with Crippen LogP contribution in [0.1, 0.15) is 26.8 Å². The topological polar surface area (TPSA) is 84.9 Å². The molecule has 0 saturated heterocycles.